The molecular formula is C29H25ClN4O3S2. The summed E-state index contributed by atoms with van der Waals surface area (Å²) in [5.41, 5.74) is 2.72. The van der Waals surface area contributed by atoms with E-state index in [1.807, 2.05) is 64.9 Å². The van der Waals surface area contributed by atoms with Crippen molar-refractivity contribution in [2.45, 2.75) is 0 Å². The number of carbonyl (C=O) groups excluding carboxylic acids is 2. The van der Waals surface area contributed by atoms with Gasteiger partial charge in [0.2, 0.25) is 5.91 Å². The molecule has 4 aromatic rings. The maximum atomic E-state index is 12.6. The van der Waals surface area contributed by atoms with Crippen LogP contribution in [-0.2, 0) is 4.79 Å². The lowest BCUT2D eigenvalue weighted by molar-refractivity contribution is -0.115. The molecule has 0 unspecified atom stereocenters. The average molecular weight is 577 g/mol. The fraction of sp³-hybridized carbons (Fsp3) is 0.138. The van der Waals surface area contributed by atoms with Gasteiger partial charge in [-0.15, -0.1) is 11.3 Å². The number of anilines is 2. The van der Waals surface area contributed by atoms with Crippen molar-refractivity contribution in [3.63, 3.8) is 0 Å². The van der Waals surface area contributed by atoms with Gasteiger partial charge in [-0.2, -0.15) is 0 Å². The third kappa shape index (κ3) is 6.94. The van der Waals surface area contributed by atoms with Crippen LogP contribution < -0.4 is 15.5 Å². The van der Waals surface area contributed by atoms with Gasteiger partial charge in [-0.05, 0) is 90.4 Å². The van der Waals surface area contributed by atoms with Gasteiger partial charge in [0, 0.05) is 54.2 Å². The number of hydrogen-bond donors (Lipinski definition) is 2. The van der Waals surface area contributed by atoms with Gasteiger partial charge < -0.3 is 19.5 Å². The second-order valence-electron chi connectivity index (χ2n) is 8.79. The third-order valence-electron chi connectivity index (χ3n) is 6.18. The molecule has 0 bridgehead atoms. The summed E-state index contributed by atoms with van der Waals surface area (Å²) in [5.74, 6) is 0.951. The van der Waals surface area contributed by atoms with Gasteiger partial charge in [0.25, 0.3) is 5.91 Å². The third-order valence-corrected chi connectivity index (χ3v) is 7.49. The number of furan rings is 1. The SMILES string of the molecule is O=C(C=Cc1ccc(-c2ccc(Cl)cc2)o1)NC(=S)Nc1ccc(N2CCN(C(=O)c3cccs3)CC2)cc1. The number of piperazine rings is 1. The van der Waals surface area contributed by atoms with Crippen molar-refractivity contribution in [1.29, 1.82) is 0 Å². The minimum atomic E-state index is -0.372. The van der Waals surface area contributed by atoms with E-state index in [2.05, 4.69) is 15.5 Å². The fourth-order valence-corrected chi connectivity index (χ4v) is 5.20. The van der Waals surface area contributed by atoms with Gasteiger partial charge >= 0.3 is 0 Å². The van der Waals surface area contributed by atoms with Crippen molar-refractivity contribution in [3.8, 4) is 11.3 Å². The Balaban J connectivity index is 1.08. The molecule has 2 N–H and O–H groups in total. The molecule has 1 aliphatic heterocycles. The van der Waals surface area contributed by atoms with E-state index in [0.717, 1.165) is 34.9 Å². The normalized spacial score (nSPS) is 13.5. The van der Waals surface area contributed by atoms with Crippen LogP contribution in [0.2, 0.25) is 5.02 Å². The molecule has 198 valence electrons. The Hall–Kier alpha value is -3.92. The van der Waals surface area contributed by atoms with Crippen LogP contribution >= 0.6 is 35.2 Å². The van der Waals surface area contributed by atoms with Crippen LogP contribution in [0.25, 0.3) is 17.4 Å². The highest BCUT2D eigenvalue weighted by Crippen LogP contribution is 2.24. The zero-order valence-electron chi connectivity index (χ0n) is 20.8. The predicted octanol–water partition coefficient (Wildman–Crippen LogP) is 6.15. The summed E-state index contributed by atoms with van der Waals surface area (Å²) < 4.78 is 5.77. The first-order valence-corrected chi connectivity index (χ1v) is 13.9. The molecule has 0 spiro atoms. The first-order chi connectivity index (χ1) is 18.9. The average Bonchev–Trinajstić information content (AvgIpc) is 3.66. The minimum Gasteiger partial charge on any atom is -0.457 e. The van der Waals surface area contributed by atoms with Crippen molar-refractivity contribution in [2.75, 3.05) is 36.4 Å². The topological polar surface area (TPSA) is 77.8 Å². The molecule has 3 heterocycles. The molecule has 2 amide bonds. The van der Waals surface area contributed by atoms with E-state index in [4.69, 9.17) is 28.2 Å². The van der Waals surface area contributed by atoms with Crippen LogP contribution in [0.1, 0.15) is 15.4 Å². The van der Waals surface area contributed by atoms with E-state index < -0.39 is 0 Å². The van der Waals surface area contributed by atoms with Gasteiger partial charge in [0.05, 0.1) is 4.88 Å². The van der Waals surface area contributed by atoms with Gasteiger partial charge in [-0.25, -0.2) is 0 Å². The number of benzene rings is 2. The zero-order valence-corrected chi connectivity index (χ0v) is 23.2. The minimum absolute atomic E-state index is 0.0986. The zero-order chi connectivity index (χ0) is 27.2. The molecule has 2 aromatic carbocycles. The smallest absolute Gasteiger partial charge is 0.264 e. The molecule has 0 saturated carbocycles. The number of thiocarbonyl (C=S) groups is 1. The molecule has 2 aromatic heterocycles. The molecule has 7 nitrogen and oxygen atoms in total. The van der Waals surface area contributed by atoms with E-state index in [1.54, 1.807) is 24.3 Å². The van der Waals surface area contributed by atoms with E-state index in [0.29, 0.717) is 29.6 Å². The Bertz CT molecular complexity index is 1470. The Morgan fingerprint density at radius 2 is 1.69 bits per heavy atom. The molecule has 1 fully saturated rings. The lowest BCUT2D eigenvalue weighted by Crippen LogP contribution is -2.48. The van der Waals surface area contributed by atoms with Crippen LogP contribution in [0.4, 0.5) is 11.4 Å². The largest absolute Gasteiger partial charge is 0.457 e. The van der Waals surface area contributed by atoms with E-state index >= 15 is 0 Å². The number of hydrogen-bond acceptors (Lipinski definition) is 6. The van der Waals surface area contributed by atoms with Gasteiger partial charge in [-0.3, -0.25) is 14.9 Å². The molecule has 0 aliphatic carbocycles. The number of thiophene rings is 1. The summed E-state index contributed by atoms with van der Waals surface area (Å²) in [7, 11) is 0. The summed E-state index contributed by atoms with van der Waals surface area (Å²) in [6.07, 6.45) is 2.95. The molecule has 10 heteroatoms. The maximum Gasteiger partial charge on any atom is 0.264 e. The highest BCUT2D eigenvalue weighted by atomic mass is 35.5. The van der Waals surface area contributed by atoms with Crippen molar-refractivity contribution in [1.82, 2.24) is 10.2 Å². The van der Waals surface area contributed by atoms with Crippen molar-refractivity contribution >= 4 is 69.5 Å². The van der Waals surface area contributed by atoms with E-state index in [9.17, 15) is 9.59 Å². The number of nitrogens with zero attached hydrogens (tertiary/aromatic N) is 2. The molecule has 1 aliphatic rings. The molecule has 0 radical (unpaired) electrons. The second kappa shape index (κ2) is 12.3. The second-order valence-corrected chi connectivity index (χ2v) is 10.6. The highest BCUT2D eigenvalue weighted by Gasteiger charge is 2.22. The summed E-state index contributed by atoms with van der Waals surface area (Å²) in [4.78, 5) is 29.8. The predicted molar refractivity (Wildman–Crippen MR) is 161 cm³/mol. The number of carbonyl (C=O) groups is 2. The van der Waals surface area contributed by atoms with Gasteiger partial charge in [-0.1, -0.05) is 17.7 Å². The van der Waals surface area contributed by atoms with Crippen molar-refractivity contribution < 1.29 is 14.0 Å². The van der Waals surface area contributed by atoms with Crippen molar-refractivity contribution in [3.05, 3.63) is 99.9 Å². The molecular weight excluding hydrogens is 552 g/mol. The quantitative estimate of drug-likeness (QED) is 0.212. The van der Waals surface area contributed by atoms with Crippen molar-refractivity contribution in [2.24, 2.45) is 0 Å². The van der Waals surface area contributed by atoms with Crippen LogP contribution in [0, 0.1) is 0 Å². The molecule has 1 saturated heterocycles. The van der Waals surface area contributed by atoms with E-state index in [-0.39, 0.29) is 16.9 Å². The monoisotopic (exact) mass is 576 g/mol. The Morgan fingerprint density at radius 1 is 0.949 bits per heavy atom. The maximum absolute atomic E-state index is 12.6. The summed E-state index contributed by atoms with van der Waals surface area (Å²) >= 11 is 12.7. The van der Waals surface area contributed by atoms with Crippen LogP contribution in [-0.4, -0.2) is 48.0 Å². The number of halogens is 1. The molecule has 39 heavy (non-hydrogen) atoms. The standard InChI is InChI=1S/C29H25ClN4O3S2/c30-21-5-3-20(4-6-21)25-13-11-24(37-25)12-14-27(35)32-29(38)31-22-7-9-23(10-8-22)33-15-17-34(18-16-33)28(36)26-2-1-19-39-26/h1-14,19H,15-18H2,(H2,31,32,35,38). The fourth-order valence-electron chi connectivity index (χ4n) is 4.16. The van der Waals surface area contributed by atoms with Gasteiger partial charge in [0.15, 0.2) is 5.11 Å². The molecule has 5 rings (SSSR count). The first-order valence-electron chi connectivity index (χ1n) is 12.3. The Morgan fingerprint density at radius 3 is 2.38 bits per heavy atom. The highest BCUT2D eigenvalue weighted by molar-refractivity contribution is 7.80. The lowest BCUT2D eigenvalue weighted by Gasteiger charge is -2.36. The summed E-state index contributed by atoms with van der Waals surface area (Å²) in [6, 6.07) is 22.5. The molecule has 0 atom stereocenters. The Kier molecular flexibility index (Phi) is 8.41. The summed E-state index contributed by atoms with van der Waals surface area (Å²) in [6.45, 7) is 2.89. The lowest BCUT2D eigenvalue weighted by atomic mass is 10.2. The number of rotatable bonds is 6. The number of amides is 2. The van der Waals surface area contributed by atoms with Crippen LogP contribution in [0.3, 0.4) is 0 Å². The number of nitrogens with one attached hydrogen (secondary N) is 2. The Labute approximate surface area is 240 Å². The van der Waals surface area contributed by atoms with Crippen LogP contribution in [0.5, 0.6) is 0 Å². The van der Waals surface area contributed by atoms with Crippen LogP contribution in [0.15, 0.2) is 88.7 Å². The van der Waals surface area contributed by atoms with E-state index in [1.165, 1.54) is 17.4 Å². The first kappa shape index (κ1) is 26.7. The van der Waals surface area contributed by atoms with Gasteiger partial charge in [0.1, 0.15) is 11.5 Å². The summed E-state index contributed by atoms with van der Waals surface area (Å²) in [5, 5.41) is 8.44.